The summed E-state index contributed by atoms with van der Waals surface area (Å²) < 4.78 is 5.63. The van der Waals surface area contributed by atoms with Gasteiger partial charge in [-0.15, -0.1) is 0 Å². The number of aryl methyl sites for hydroxylation is 2. The molecular weight excluding hydrogens is 480 g/mol. The van der Waals surface area contributed by atoms with E-state index in [0.29, 0.717) is 22.5 Å². The second-order valence-corrected chi connectivity index (χ2v) is 11.0. The van der Waals surface area contributed by atoms with Gasteiger partial charge in [0.25, 0.3) is 5.91 Å². The SMILES string of the molecule is Cc1cccc(N2C(=O)C[C@@H](C3(c4ccccc4)C(=O)N(C(=O)OC(C)(C)C)c4ccc(C)cc43)C2=O)c1. The van der Waals surface area contributed by atoms with Crippen molar-refractivity contribution < 1.29 is 23.9 Å². The number of carbonyl (C=O) groups excluding carboxylic acids is 4. The first kappa shape index (κ1) is 25.4. The predicted octanol–water partition coefficient (Wildman–Crippen LogP) is 5.45. The molecule has 0 bridgehead atoms. The van der Waals surface area contributed by atoms with E-state index < -0.39 is 40.7 Å². The van der Waals surface area contributed by atoms with E-state index >= 15 is 0 Å². The molecule has 1 saturated heterocycles. The molecule has 7 heteroatoms. The van der Waals surface area contributed by atoms with Crippen molar-refractivity contribution in [2.24, 2.45) is 5.92 Å². The third-order valence-electron chi connectivity index (χ3n) is 7.09. The van der Waals surface area contributed by atoms with E-state index in [2.05, 4.69) is 0 Å². The average Bonchev–Trinajstić information content (AvgIpc) is 3.28. The van der Waals surface area contributed by atoms with Crippen LogP contribution < -0.4 is 9.80 Å². The molecule has 3 aromatic carbocycles. The van der Waals surface area contributed by atoms with E-state index in [-0.39, 0.29) is 6.42 Å². The Morgan fingerprint density at radius 1 is 0.895 bits per heavy atom. The van der Waals surface area contributed by atoms with Crippen molar-refractivity contribution in [3.05, 3.63) is 95.1 Å². The molecule has 0 spiro atoms. The standard InChI is InChI=1S/C31H30N2O5/c1-19-10-9-13-22(16-19)32-26(34)18-24(27(32)35)31(21-11-7-6-8-12-21)23-17-20(2)14-15-25(23)33(28(31)36)29(37)38-30(3,4)5/h6-17,24H,18H2,1-5H3/t24-,31?/m1/s1. The van der Waals surface area contributed by atoms with Crippen molar-refractivity contribution >= 4 is 35.2 Å². The third kappa shape index (κ3) is 3.90. The summed E-state index contributed by atoms with van der Waals surface area (Å²) in [5.41, 5.74) is 1.19. The molecule has 5 rings (SSSR count). The van der Waals surface area contributed by atoms with Crippen LogP contribution in [-0.2, 0) is 24.5 Å². The smallest absolute Gasteiger partial charge is 0.421 e. The number of ether oxygens (including phenoxy) is 1. The van der Waals surface area contributed by atoms with E-state index in [0.717, 1.165) is 16.0 Å². The molecule has 7 nitrogen and oxygen atoms in total. The Balaban J connectivity index is 1.74. The van der Waals surface area contributed by atoms with Gasteiger partial charge in [-0.05, 0) is 69.5 Å². The number of anilines is 2. The van der Waals surface area contributed by atoms with Crippen LogP contribution in [0.1, 0.15) is 49.4 Å². The highest BCUT2D eigenvalue weighted by molar-refractivity contribution is 6.28. The van der Waals surface area contributed by atoms with Crippen LogP contribution in [0.25, 0.3) is 0 Å². The molecule has 0 N–H and O–H groups in total. The summed E-state index contributed by atoms with van der Waals surface area (Å²) in [4.78, 5) is 57.8. The van der Waals surface area contributed by atoms with Crippen molar-refractivity contribution in [2.75, 3.05) is 9.80 Å². The lowest BCUT2D eigenvalue weighted by atomic mass is 9.65. The Hall–Kier alpha value is -4.26. The number of amides is 4. The van der Waals surface area contributed by atoms with Gasteiger partial charge in [0.15, 0.2) is 0 Å². The zero-order chi connectivity index (χ0) is 27.4. The molecule has 0 aromatic heterocycles. The van der Waals surface area contributed by atoms with E-state index in [1.807, 2.05) is 38.1 Å². The Morgan fingerprint density at radius 3 is 2.24 bits per heavy atom. The Labute approximate surface area is 222 Å². The number of imide groups is 2. The fourth-order valence-electron chi connectivity index (χ4n) is 5.58. The van der Waals surface area contributed by atoms with Crippen LogP contribution in [0.3, 0.4) is 0 Å². The monoisotopic (exact) mass is 510 g/mol. The van der Waals surface area contributed by atoms with Crippen molar-refractivity contribution in [2.45, 2.75) is 52.1 Å². The number of rotatable bonds is 3. The number of nitrogens with zero attached hydrogens (tertiary/aromatic N) is 2. The molecule has 3 aromatic rings. The summed E-state index contributed by atoms with van der Waals surface area (Å²) in [6, 6.07) is 21.4. The third-order valence-corrected chi connectivity index (χ3v) is 7.09. The van der Waals surface area contributed by atoms with Gasteiger partial charge in [-0.25, -0.2) is 9.69 Å². The summed E-state index contributed by atoms with van der Waals surface area (Å²) in [5.74, 6) is -2.52. The Kier molecular flexibility index (Phi) is 5.97. The van der Waals surface area contributed by atoms with Gasteiger partial charge in [-0.1, -0.05) is 60.2 Å². The Morgan fingerprint density at radius 2 is 1.58 bits per heavy atom. The minimum absolute atomic E-state index is 0.178. The van der Waals surface area contributed by atoms with Crippen LogP contribution in [0.4, 0.5) is 16.2 Å². The van der Waals surface area contributed by atoms with Gasteiger partial charge in [-0.2, -0.15) is 0 Å². The Bertz CT molecular complexity index is 1470. The lowest BCUT2D eigenvalue weighted by Crippen LogP contribution is -2.51. The first-order chi connectivity index (χ1) is 17.9. The van der Waals surface area contributed by atoms with Crippen molar-refractivity contribution in [3.63, 3.8) is 0 Å². The topological polar surface area (TPSA) is 84.0 Å². The number of hydrogen-bond donors (Lipinski definition) is 0. The highest BCUT2D eigenvalue weighted by Crippen LogP contribution is 2.54. The molecule has 1 fully saturated rings. The number of carbonyl (C=O) groups is 4. The fraction of sp³-hybridized carbons (Fsp3) is 0.290. The largest absolute Gasteiger partial charge is 0.443 e. The molecule has 194 valence electrons. The molecule has 2 aliphatic heterocycles. The zero-order valence-corrected chi connectivity index (χ0v) is 22.1. The van der Waals surface area contributed by atoms with Gasteiger partial charge in [0, 0.05) is 6.42 Å². The number of hydrogen-bond acceptors (Lipinski definition) is 5. The van der Waals surface area contributed by atoms with E-state index in [1.165, 1.54) is 4.90 Å². The van der Waals surface area contributed by atoms with Crippen molar-refractivity contribution in [3.8, 4) is 0 Å². The van der Waals surface area contributed by atoms with E-state index in [4.69, 9.17) is 4.74 Å². The van der Waals surface area contributed by atoms with Crippen molar-refractivity contribution in [1.29, 1.82) is 0 Å². The van der Waals surface area contributed by atoms with Gasteiger partial charge >= 0.3 is 6.09 Å². The molecule has 2 heterocycles. The highest BCUT2D eigenvalue weighted by atomic mass is 16.6. The lowest BCUT2D eigenvalue weighted by Gasteiger charge is -2.34. The zero-order valence-electron chi connectivity index (χ0n) is 22.1. The average molecular weight is 511 g/mol. The van der Waals surface area contributed by atoms with Gasteiger partial charge in [-0.3, -0.25) is 19.3 Å². The van der Waals surface area contributed by atoms with Crippen molar-refractivity contribution in [1.82, 2.24) is 0 Å². The number of fused-ring (bicyclic) bond motifs is 1. The molecule has 0 aliphatic carbocycles. The lowest BCUT2D eigenvalue weighted by molar-refractivity contribution is -0.130. The van der Waals surface area contributed by atoms with Crippen LogP contribution in [0.15, 0.2) is 72.8 Å². The highest BCUT2D eigenvalue weighted by Gasteiger charge is 2.64. The van der Waals surface area contributed by atoms with Crippen LogP contribution >= 0.6 is 0 Å². The summed E-state index contributed by atoms with van der Waals surface area (Å²) in [5, 5.41) is 0. The molecule has 0 saturated carbocycles. The van der Waals surface area contributed by atoms with Crippen LogP contribution in [0, 0.1) is 19.8 Å². The second kappa shape index (κ2) is 8.94. The van der Waals surface area contributed by atoms with Crippen LogP contribution in [-0.4, -0.2) is 29.4 Å². The maximum absolute atomic E-state index is 14.6. The summed E-state index contributed by atoms with van der Waals surface area (Å²) in [7, 11) is 0. The minimum Gasteiger partial charge on any atom is -0.443 e. The minimum atomic E-state index is -1.59. The molecule has 4 amide bonds. The van der Waals surface area contributed by atoms with Crippen LogP contribution in [0.5, 0.6) is 0 Å². The summed E-state index contributed by atoms with van der Waals surface area (Å²) in [6.07, 6.45) is -0.999. The molecule has 0 radical (unpaired) electrons. The maximum atomic E-state index is 14.6. The van der Waals surface area contributed by atoms with Gasteiger partial charge in [0.05, 0.1) is 17.3 Å². The fourth-order valence-corrected chi connectivity index (χ4v) is 5.58. The summed E-state index contributed by atoms with van der Waals surface area (Å²) >= 11 is 0. The predicted molar refractivity (Wildman–Crippen MR) is 144 cm³/mol. The van der Waals surface area contributed by atoms with E-state index in [9.17, 15) is 19.2 Å². The van der Waals surface area contributed by atoms with Gasteiger partial charge in [0.1, 0.15) is 11.0 Å². The van der Waals surface area contributed by atoms with Gasteiger partial charge < -0.3 is 4.74 Å². The normalized spacial score (nSPS) is 21.2. The number of benzene rings is 3. The van der Waals surface area contributed by atoms with E-state index in [1.54, 1.807) is 69.3 Å². The van der Waals surface area contributed by atoms with Gasteiger partial charge in [0.2, 0.25) is 11.8 Å². The quantitative estimate of drug-likeness (QED) is 0.438. The first-order valence-corrected chi connectivity index (χ1v) is 12.6. The second-order valence-electron chi connectivity index (χ2n) is 11.0. The maximum Gasteiger partial charge on any atom is 0.421 e. The molecule has 38 heavy (non-hydrogen) atoms. The summed E-state index contributed by atoms with van der Waals surface area (Å²) in [6.45, 7) is 8.95. The first-order valence-electron chi connectivity index (χ1n) is 12.6. The molecule has 1 unspecified atom stereocenters. The molecular formula is C31H30N2O5. The van der Waals surface area contributed by atoms with Crippen LogP contribution in [0.2, 0.25) is 0 Å². The molecule has 2 atom stereocenters. The molecule has 2 aliphatic rings.